The first-order valence-electron chi connectivity index (χ1n) is 9.65. The average Bonchev–Trinajstić information content (AvgIpc) is 3.41. The Labute approximate surface area is 162 Å². The molecule has 0 aliphatic carbocycles. The molecule has 0 radical (unpaired) electrons. The predicted molar refractivity (Wildman–Crippen MR) is 103 cm³/mol. The van der Waals surface area contributed by atoms with Crippen molar-refractivity contribution in [2.75, 3.05) is 19.6 Å². The van der Waals surface area contributed by atoms with Gasteiger partial charge in [-0.3, -0.25) is 9.59 Å². The lowest BCUT2D eigenvalue weighted by Gasteiger charge is -2.30. The van der Waals surface area contributed by atoms with Gasteiger partial charge in [0.15, 0.2) is 17.2 Å². The highest BCUT2D eigenvalue weighted by atomic mass is 16.3. The van der Waals surface area contributed by atoms with Crippen LogP contribution in [0.15, 0.2) is 51.5 Å². The molecule has 0 bridgehead atoms. The molecule has 2 amide bonds. The summed E-state index contributed by atoms with van der Waals surface area (Å²) in [6.45, 7) is 1.87. The zero-order chi connectivity index (χ0) is 19.3. The molecule has 1 aliphatic heterocycles. The molecule has 0 saturated carbocycles. The van der Waals surface area contributed by atoms with Crippen LogP contribution in [-0.2, 0) is 4.79 Å². The second-order valence-electron chi connectivity index (χ2n) is 7.01. The van der Waals surface area contributed by atoms with E-state index in [-0.39, 0.29) is 23.5 Å². The first kappa shape index (κ1) is 18.3. The molecule has 146 valence electrons. The summed E-state index contributed by atoms with van der Waals surface area (Å²) in [5.41, 5.74) is 1.69. The topological polar surface area (TPSA) is 88.6 Å². The summed E-state index contributed by atoms with van der Waals surface area (Å²) in [5, 5.41) is 2.76. The van der Waals surface area contributed by atoms with E-state index >= 15 is 0 Å². The lowest BCUT2D eigenvalue weighted by atomic mass is 9.96. The monoisotopic (exact) mass is 381 g/mol. The van der Waals surface area contributed by atoms with Crippen LogP contribution in [0.3, 0.4) is 0 Å². The summed E-state index contributed by atoms with van der Waals surface area (Å²) in [6.07, 6.45) is 4.20. The molecule has 1 fully saturated rings. The number of carbonyl (C=O) groups excluding carboxylic acids is 2. The number of benzene rings is 1. The minimum absolute atomic E-state index is 0.128. The molecule has 1 aromatic carbocycles. The lowest BCUT2D eigenvalue weighted by molar-refractivity contribution is -0.132. The quantitative estimate of drug-likeness (QED) is 0.662. The van der Waals surface area contributed by atoms with E-state index in [0.717, 1.165) is 29.8 Å². The first-order valence-corrected chi connectivity index (χ1v) is 9.65. The van der Waals surface area contributed by atoms with Crippen LogP contribution in [0.5, 0.6) is 0 Å². The lowest BCUT2D eigenvalue weighted by Crippen LogP contribution is -2.38. The number of fused-ring (bicyclic) bond motifs is 1. The van der Waals surface area contributed by atoms with E-state index in [1.54, 1.807) is 12.1 Å². The minimum atomic E-state index is -0.253. The van der Waals surface area contributed by atoms with Gasteiger partial charge in [0, 0.05) is 32.0 Å². The summed E-state index contributed by atoms with van der Waals surface area (Å²) >= 11 is 0. The van der Waals surface area contributed by atoms with Crippen LogP contribution < -0.4 is 5.32 Å². The molecule has 7 nitrogen and oxygen atoms in total. The van der Waals surface area contributed by atoms with Crippen LogP contribution in [-0.4, -0.2) is 41.3 Å². The van der Waals surface area contributed by atoms with Crippen molar-refractivity contribution in [3.8, 4) is 0 Å². The summed E-state index contributed by atoms with van der Waals surface area (Å²) < 4.78 is 10.9. The molecular formula is C21H23N3O4. The Morgan fingerprint density at radius 2 is 1.96 bits per heavy atom. The number of oxazole rings is 1. The molecule has 7 heteroatoms. The Kier molecular flexibility index (Phi) is 5.41. The van der Waals surface area contributed by atoms with Crippen LogP contribution in [0.4, 0.5) is 0 Å². The van der Waals surface area contributed by atoms with Crippen LogP contribution in [0.2, 0.25) is 0 Å². The molecule has 2 aromatic heterocycles. The first-order chi connectivity index (χ1) is 13.7. The van der Waals surface area contributed by atoms with Gasteiger partial charge in [0.25, 0.3) is 5.91 Å². The summed E-state index contributed by atoms with van der Waals surface area (Å²) in [4.78, 5) is 30.7. The molecule has 0 atom stereocenters. The van der Waals surface area contributed by atoms with E-state index in [9.17, 15) is 9.59 Å². The normalized spacial score (nSPS) is 15.1. The zero-order valence-electron chi connectivity index (χ0n) is 15.6. The van der Waals surface area contributed by atoms with Crippen molar-refractivity contribution >= 4 is 22.9 Å². The number of amides is 2. The largest absolute Gasteiger partial charge is 0.459 e. The molecule has 1 aliphatic rings. The van der Waals surface area contributed by atoms with Crippen LogP contribution >= 0.6 is 0 Å². The number of furan rings is 1. The van der Waals surface area contributed by atoms with E-state index in [0.29, 0.717) is 32.5 Å². The van der Waals surface area contributed by atoms with Gasteiger partial charge in [-0.15, -0.1) is 0 Å². The molecule has 4 rings (SSSR count). The Hall–Kier alpha value is -3.09. The van der Waals surface area contributed by atoms with Crippen LogP contribution in [0.25, 0.3) is 11.1 Å². The summed E-state index contributed by atoms with van der Waals surface area (Å²) in [6, 6.07) is 11.0. The molecule has 1 saturated heterocycles. The van der Waals surface area contributed by atoms with Gasteiger partial charge in [0.1, 0.15) is 5.52 Å². The molecule has 0 unspecified atom stereocenters. The number of hydrogen-bond donors (Lipinski definition) is 1. The Balaban J connectivity index is 1.20. The van der Waals surface area contributed by atoms with Gasteiger partial charge in [-0.2, -0.15) is 0 Å². The van der Waals surface area contributed by atoms with E-state index in [1.807, 2.05) is 29.2 Å². The van der Waals surface area contributed by atoms with E-state index in [1.165, 1.54) is 6.26 Å². The van der Waals surface area contributed by atoms with Gasteiger partial charge < -0.3 is 19.1 Å². The minimum Gasteiger partial charge on any atom is -0.459 e. The van der Waals surface area contributed by atoms with Crippen molar-refractivity contribution in [3.05, 3.63) is 54.3 Å². The predicted octanol–water partition coefficient (Wildman–Crippen LogP) is 3.34. The van der Waals surface area contributed by atoms with Crippen molar-refractivity contribution in [1.29, 1.82) is 0 Å². The number of likely N-dealkylation sites (tertiary alicyclic amines) is 1. The number of para-hydroxylation sites is 2. The fraction of sp³-hybridized carbons (Fsp3) is 0.381. The standard InChI is InChI=1S/C21H23N3O4/c25-19(8-3-11-22-20(26)18-7-4-14-27-18)24-12-9-15(10-13-24)21-23-16-5-1-2-6-17(16)28-21/h1-2,4-7,14-15H,3,8-13H2,(H,22,26). The van der Waals surface area contributed by atoms with E-state index in [4.69, 9.17) is 8.83 Å². The molecule has 0 spiro atoms. The van der Waals surface area contributed by atoms with E-state index in [2.05, 4.69) is 10.3 Å². The van der Waals surface area contributed by atoms with Crippen LogP contribution in [0, 0.1) is 0 Å². The maximum atomic E-state index is 12.4. The van der Waals surface area contributed by atoms with Crippen LogP contribution in [0.1, 0.15) is 48.0 Å². The van der Waals surface area contributed by atoms with Gasteiger partial charge >= 0.3 is 0 Å². The third kappa shape index (κ3) is 4.08. The van der Waals surface area contributed by atoms with Crippen molar-refractivity contribution in [2.45, 2.75) is 31.6 Å². The van der Waals surface area contributed by atoms with Gasteiger partial charge in [0.2, 0.25) is 5.91 Å². The van der Waals surface area contributed by atoms with Crippen molar-refractivity contribution in [3.63, 3.8) is 0 Å². The number of aromatic nitrogens is 1. The maximum Gasteiger partial charge on any atom is 0.286 e. The van der Waals surface area contributed by atoms with Crippen molar-refractivity contribution < 1.29 is 18.4 Å². The Morgan fingerprint density at radius 1 is 1.14 bits per heavy atom. The van der Waals surface area contributed by atoms with Gasteiger partial charge in [0.05, 0.1) is 6.26 Å². The highest BCUT2D eigenvalue weighted by Crippen LogP contribution is 2.30. The molecule has 28 heavy (non-hydrogen) atoms. The maximum absolute atomic E-state index is 12.4. The number of rotatable bonds is 6. The molecular weight excluding hydrogens is 358 g/mol. The Bertz CT molecular complexity index is 907. The summed E-state index contributed by atoms with van der Waals surface area (Å²) in [7, 11) is 0. The van der Waals surface area contributed by atoms with E-state index < -0.39 is 0 Å². The van der Waals surface area contributed by atoms with Crippen molar-refractivity contribution in [2.24, 2.45) is 0 Å². The third-order valence-electron chi connectivity index (χ3n) is 5.11. The summed E-state index contributed by atoms with van der Waals surface area (Å²) in [5.74, 6) is 1.19. The highest BCUT2D eigenvalue weighted by Gasteiger charge is 2.26. The fourth-order valence-electron chi connectivity index (χ4n) is 3.54. The number of piperidine rings is 1. The Morgan fingerprint density at radius 3 is 2.71 bits per heavy atom. The van der Waals surface area contributed by atoms with Crippen molar-refractivity contribution in [1.82, 2.24) is 15.2 Å². The third-order valence-corrected chi connectivity index (χ3v) is 5.11. The second-order valence-corrected chi connectivity index (χ2v) is 7.01. The van der Waals surface area contributed by atoms with Gasteiger partial charge in [-0.25, -0.2) is 4.98 Å². The smallest absolute Gasteiger partial charge is 0.286 e. The molecule has 1 N–H and O–H groups in total. The zero-order valence-corrected chi connectivity index (χ0v) is 15.6. The number of carbonyl (C=O) groups is 2. The second kappa shape index (κ2) is 8.29. The molecule has 3 aromatic rings. The fourth-order valence-corrected chi connectivity index (χ4v) is 3.54. The number of hydrogen-bond acceptors (Lipinski definition) is 5. The number of nitrogens with one attached hydrogen (secondary N) is 1. The average molecular weight is 381 g/mol. The van der Waals surface area contributed by atoms with Gasteiger partial charge in [-0.05, 0) is 43.5 Å². The number of nitrogens with zero attached hydrogens (tertiary/aromatic N) is 2. The highest BCUT2D eigenvalue weighted by molar-refractivity contribution is 5.91. The van der Waals surface area contributed by atoms with Gasteiger partial charge in [-0.1, -0.05) is 12.1 Å². The molecule has 3 heterocycles. The SMILES string of the molecule is O=C(NCCCC(=O)N1CCC(c2nc3ccccc3o2)CC1)c1ccco1.